The molecule has 0 bridgehead atoms. The summed E-state index contributed by atoms with van der Waals surface area (Å²) in [5, 5.41) is 23.0. The Labute approximate surface area is 330 Å². The van der Waals surface area contributed by atoms with E-state index in [0.29, 0.717) is 73.9 Å². The normalized spacial score (nSPS) is 29.2. The number of benzene rings is 1. The molecule has 1 spiro atoms. The first-order valence-corrected chi connectivity index (χ1v) is 19.9. The number of aromatic amines is 1. The van der Waals surface area contributed by atoms with Gasteiger partial charge in [0.05, 0.1) is 35.3 Å². The molecule has 1 aromatic carbocycles. The summed E-state index contributed by atoms with van der Waals surface area (Å²) >= 11 is 0. The Morgan fingerprint density at radius 1 is 1.09 bits per heavy atom. The van der Waals surface area contributed by atoms with Crippen molar-refractivity contribution < 1.29 is 28.5 Å². The molecular weight excluding hydrogens is 727 g/mol. The van der Waals surface area contributed by atoms with Crippen LogP contribution < -0.4 is 37.6 Å². The minimum atomic E-state index is -1.10. The zero-order chi connectivity index (χ0) is 39.8. The molecule has 0 saturated carbocycles. The number of aromatic nitrogens is 2. The van der Waals surface area contributed by atoms with Gasteiger partial charge in [-0.25, -0.2) is 4.79 Å². The number of esters is 1. The highest BCUT2D eigenvalue weighted by Gasteiger charge is 2.65. The smallest absolute Gasteiger partial charge is 0.341 e. The molecule has 5 aliphatic heterocycles. The molecule has 14 heteroatoms. The molecule has 0 amide bonds. The number of aryl methyl sites for hydroxylation is 1. The Bertz CT molecular complexity index is 2420. The lowest BCUT2D eigenvalue weighted by atomic mass is 9.75. The maximum atomic E-state index is 14.4. The van der Waals surface area contributed by atoms with Crippen LogP contribution in [0.2, 0.25) is 0 Å². The van der Waals surface area contributed by atoms with Crippen LogP contribution in [0.5, 0.6) is 11.5 Å². The van der Waals surface area contributed by atoms with Crippen LogP contribution in [0.3, 0.4) is 0 Å². The summed E-state index contributed by atoms with van der Waals surface area (Å²) in [4.78, 5) is 30.7. The third-order valence-corrected chi connectivity index (χ3v) is 12.3. The highest BCUT2D eigenvalue weighted by molar-refractivity contribution is 5.88. The number of hydrogen-bond acceptors (Lipinski definition) is 12. The van der Waals surface area contributed by atoms with Crippen molar-refractivity contribution in [2.75, 3.05) is 13.6 Å². The van der Waals surface area contributed by atoms with Gasteiger partial charge in [0.2, 0.25) is 0 Å². The maximum absolute atomic E-state index is 14.4. The fourth-order valence-corrected chi connectivity index (χ4v) is 9.64. The van der Waals surface area contributed by atoms with Gasteiger partial charge in [0, 0.05) is 54.1 Å². The van der Waals surface area contributed by atoms with Crippen LogP contribution in [0, 0.1) is 12.8 Å². The summed E-state index contributed by atoms with van der Waals surface area (Å²) in [7, 11) is 1.91. The standard InChI is InChI=1S/C43H51N7O7/c1-22-11-31(51)38-32(54-22)17-33-37(39(38)52)28-12-24(18-46-4)7-9-43(41(53)55-40(28)42(2,3)56-33)34(57-43)6-5-23-13-29(49-35(44)14-23)26-15-27(48-36(45)16-26)20-50-19-25-8-10-47-30(25)21-50/h8,10-11,13-17,19,21,24,27-29,34,40,46-49,52H,5-7,9,12,18,20,44-45H2,1-4H3/t24-,27?,28+,29?,34-,40-,43+/m1/s1. The van der Waals surface area contributed by atoms with Crippen molar-refractivity contribution in [3.63, 3.8) is 0 Å². The van der Waals surface area contributed by atoms with Crippen LogP contribution in [0.15, 0.2) is 93.1 Å². The number of aromatic hydroxyl groups is 1. The molecule has 0 radical (unpaired) electrons. The third-order valence-electron chi connectivity index (χ3n) is 12.3. The van der Waals surface area contributed by atoms with E-state index in [-0.39, 0.29) is 46.3 Å². The van der Waals surface area contributed by atoms with E-state index >= 15 is 0 Å². The molecule has 57 heavy (non-hydrogen) atoms. The molecule has 2 fully saturated rings. The van der Waals surface area contributed by atoms with Crippen molar-refractivity contribution >= 4 is 27.8 Å². The second-order valence-electron chi connectivity index (χ2n) is 16.9. The second-order valence-corrected chi connectivity index (χ2v) is 16.9. The maximum Gasteiger partial charge on any atom is 0.341 e. The van der Waals surface area contributed by atoms with E-state index in [0.717, 1.165) is 22.0 Å². The predicted octanol–water partition coefficient (Wildman–Crippen LogP) is 4.29. The summed E-state index contributed by atoms with van der Waals surface area (Å²) < 4.78 is 27.3. The van der Waals surface area contributed by atoms with Gasteiger partial charge in [0.25, 0.3) is 0 Å². The number of ether oxygens (including phenoxy) is 3. The highest BCUT2D eigenvalue weighted by Crippen LogP contribution is 2.54. The van der Waals surface area contributed by atoms with Gasteiger partial charge >= 0.3 is 5.97 Å². The summed E-state index contributed by atoms with van der Waals surface area (Å²) in [6, 6.07) is 4.89. The molecule has 7 atom stereocenters. The van der Waals surface area contributed by atoms with Crippen molar-refractivity contribution in [3.05, 3.63) is 105 Å². The number of nitrogens with one attached hydrogen (secondary N) is 4. The number of phenolic OH excluding ortho intramolecular Hbond substituents is 1. The van der Waals surface area contributed by atoms with Crippen LogP contribution in [-0.4, -0.2) is 69.7 Å². The Morgan fingerprint density at radius 2 is 1.91 bits per heavy atom. The number of hydrogen-bond donors (Lipinski definition) is 7. The van der Waals surface area contributed by atoms with Gasteiger partial charge in [-0.3, -0.25) is 4.79 Å². The molecule has 4 aromatic rings. The molecule has 5 aliphatic rings. The van der Waals surface area contributed by atoms with Crippen molar-refractivity contribution in [1.82, 2.24) is 25.5 Å². The molecule has 9 rings (SSSR count). The average Bonchev–Trinajstić information content (AvgIpc) is 3.44. The van der Waals surface area contributed by atoms with Crippen molar-refractivity contribution in [2.24, 2.45) is 17.4 Å². The van der Waals surface area contributed by atoms with Crippen molar-refractivity contribution in [3.8, 4) is 11.5 Å². The van der Waals surface area contributed by atoms with Crippen LogP contribution >= 0.6 is 0 Å². The Balaban J connectivity index is 0.940. The predicted molar refractivity (Wildman–Crippen MR) is 215 cm³/mol. The SMILES string of the molecule is CNC[C@@H]1CC[C@@]2(O[C@@H]2CCC2=CC(C3=CC(Cn4cc5cc[nH]c5c4)NC(N)=C3)NC(N)=C2)C(=O)O[C@@H]2[C@@H](C1)c1c(cc3oc(C)cc(=O)c3c1O)OC2(C)C. The molecule has 14 nitrogen and oxygen atoms in total. The van der Waals surface area contributed by atoms with E-state index in [9.17, 15) is 14.7 Å². The van der Waals surface area contributed by atoms with E-state index in [2.05, 4.69) is 56.1 Å². The molecule has 0 aliphatic carbocycles. The van der Waals surface area contributed by atoms with Gasteiger partial charge in [-0.2, -0.15) is 0 Å². The summed E-state index contributed by atoms with van der Waals surface area (Å²) in [6.45, 7) is 6.85. The van der Waals surface area contributed by atoms with Gasteiger partial charge in [-0.15, -0.1) is 0 Å². The van der Waals surface area contributed by atoms with Crippen LogP contribution in [-0.2, 0) is 20.8 Å². The monoisotopic (exact) mass is 777 g/mol. The van der Waals surface area contributed by atoms with Crippen LogP contribution in [0.1, 0.15) is 63.2 Å². The number of carbonyl (C=O) groups is 1. The topological polar surface area (TPSA) is 207 Å². The molecule has 9 N–H and O–H groups in total. The van der Waals surface area contributed by atoms with E-state index in [1.165, 1.54) is 6.07 Å². The minimum absolute atomic E-state index is 0.0203. The quantitative estimate of drug-likeness (QED) is 0.0989. The zero-order valence-corrected chi connectivity index (χ0v) is 32.7. The fraction of sp³-hybridized carbons (Fsp3) is 0.442. The third kappa shape index (κ3) is 6.74. The number of phenols is 1. The van der Waals surface area contributed by atoms with E-state index in [1.807, 2.05) is 39.2 Å². The van der Waals surface area contributed by atoms with Gasteiger partial charge in [0.1, 0.15) is 39.9 Å². The first-order chi connectivity index (χ1) is 27.3. The van der Waals surface area contributed by atoms with Gasteiger partial charge in [-0.05, 0) is 102 Å². The first-order valence-electron chi connectivity index (χ1n) is 19.9. The first kappa shape index (κ1) is 37.0. The summed E-state index contributed by atoms with van der Waals surface area (Å²) in [6.07, 6.45) is 16.3. The number of carbonyl (C=O) groups excluding carboxylic acids is 1. The number of nitrogens with zero attached hydrogens (tertiary/aromatic N) is 1. The molecule has 3 aromatic heterocycles. The molecule has 300 valence electrons. The van der Waals surface area contributed by atoms with Crippen molar-refractivity contribution in [1.29, 1.82) is 0 Å². The molecule has 2 saturated heterocycles. The number of fused-ring (bicyclic) bond motifs is 5. The number of dihydropyridines is 2. The number of allylic oxidation sites excluding steroid dienone is 2. The van der Waals surface area contributed by atoms with Crippen LogP contribution in [0.4, 0.5) is 0 Å². The molecular formula is C43H51N7O7. The number of H-pyrrole nitrogens is 1. The zero-order valence-electron chi connectivity index (χ0n) is 32.7. The number of nitrogens with two attached hydrogens (primary N) is 2. The van der Waals surface area contributed by atoms with Gasteiger partial charge < -0.3 is 60.7 Å². The van der Waals surface area contributed by atoms with Gasteiger partial charge in [0.15, 0.2) is 11.0 Å². The Hall–Kier alpha value is -5.60. The fourth-order valence-electron chi connectivity index (χ4n) is 9.64. The number of epoxide rings is 1. The molecule has 2 unspecified atom stereocenters. The summed E-state index contributed by atoms with van der Waals surface area (Å²) in [5.74, 6) is 1.04. The average molecular weight is 778 g/mol. The Morgan fingerprint density at radius 3 is 2.72 bits per heavy atom. The lowest BCUT2D eigenvalue weighted by Gasteiger charge is -2.45. The lowest BCUT2D eigenvalue weighted by molar-refractivity contribution is -0.170. The van der Waals surface area contributed by atoms with Gasteiger partial charge in [-0.1, -0.05) is 12.2 Å². The lowest BCUT2D eigenvalue weighted by Crippen LogP contribution is -2.52. The highest BCUT2D eigenvalue weighted by atomic mass is 16.7. The molecule has 8 heterocycles. The van der Waals surface area contributed by atoms with E-state index in [1.54, 1.807) is 13.0 Å². The number of rotatable bonds is 8. The van der Waals surface area contributed by atoms with E-state index < -0.39 is 29.2 Å². The van der Waals surface area contributed by atoms with Crippen LogP contribution in [0.25, 0.3) is 21.9 Å². The minimum Gasteiger partial charge on any atom is -0.507 e. The largest absolute Gasteiger partial charge is 0.507 e. The summed E-state index contributed by atoms with van der Waals surface area (Å²) in [5.41, 5.74) is 14.3. The van der Waals surface area contributed by atoms with E-state index in [4.69, 9.17) is 30.1 Å². The van der Waals surface area contributed by atoms with Crippen molar-refractivity contribution in [2.45, 2.75) is 101 Å². The Kier molecular flexibility index (Phi) is 8.96. The second kappa shape index (κ2) is 13.8.